The van der Waals surface area contributed by atoms with Crippen molar-refractivity contribution in [3.63, 3.8) is 0 Å². The van der Waals surface area contributed by atoms with E-state index in [1.54, 1.807) is 0 Å². The normalized spacial score (nSPS) is 21.3. The maximum Gasteiger partial charge on any atom is 0.293 e. The molecule has 1 aromatic carbocycles. The Bertz CT molecular complexity index is 711. The molecule has 5 nitrogen and oxygen atoms in total. The second-order valence-electron chi connectivity index (χ2n) is 6.45. The van der Waals surface area contributed by atoms with Crippen LogP contribution >= 0.6 is 11.8 Å². The number of hydrogen-bond acceptors (Lipinski definition) is 5. The minimum Gasteiger partial charge on any atom is -0.378 e. The molecular weight excluding hydrogens is 336 g/mol. The summed E-state index contributed by atoms with van der Waals surface area (Å²) in [5, 5.41) is -0.173. The van der Waals surface area contributed by atoms with Crippen LogP contribution in [0.15, 0.2) is 23.1 Å². The highest BCUT2D eigenvalue weighted by Crippen LogP contribution is 2.35. The summed E-state index contributed by atoms with van der Waals surface area (Å²) in [5.41, 5.74) is 3.25. The molecule has 2 fully saturated rings. The molecule has 2 saturated heterocycles. The van der Waals surface area contributed by atoms with Crippen LogP contribution in [0.3, 0.4) is 0 Å². The lowest BCUT2D eigenvalue weighted by molar-refractivity contribution is -0.124. The van der Waals surface area contributed by atoms with E-state index >= 15 is 0 Å². The lowest BCUT2D eigenvalue weighted by atomic mass is 10.1. The van der Waals surface area contributed by atoms with Crippen LogP contribution in [-0.2, 0) is 9.53 Å². The van der Waals surface area contributed by atoms with Crippen molar-refractivity contribution >= 4 is 34.7 Å². The molecule has 0 bridgehead atoms. The lowest BCUT2D eigenvalue weighted by Crippen LogP contribution is -2.36. The van der Waals surface area contributed by atoms with Gasteiger partial charge in [0.15, 0.2) is 0 Å². The monoisotopic (exact) mass is 360 g/mol. The second-order valence-corrected chi connectivity index (χ2v) is 7.44. The Balaban J connectivity index is 1.81. The Morgan fingerprint density at radius 2 is 2.00 bits per heavy atom. The van der Waals surface area contributed by atoms with Gasteiger partial charge in [0.05, 0.1) is 18.1 Å². The summed E-state index contributed by atoms with van der Waals surface area (Å²) in [7, 11) is 0. The van der Waals surface area contributed by atoms with Gasteiger partial charge in [-0.05, 0) is 61.4 Å². The fourth-order valence-corrected chi connectivity index (χ4v) is 3.94. The van der Waals surface area contributed by atoms with Crippen LogP contribution in [-0.4, -0.2) is 48.4 Å². The number of benzene rings is 1. The van der Waals surface area contributed by atoms with Crippen molar-refractivity contribution in [3.8, 4) is 0 Å². The Morgan fingerprint density at radius 3 is 2.64 bits per heavy atom. The van der Waals surface area contributed by atoms with Crippen molar-refractivity contribution in [2.75, 3.05) is 31.2 Å². The molecule has 2 heterocycles. The molecule has 0 unspecified atom stereocenters. The van der Waals surface area contributed by atoms with Gasteiger partial charge in [-0.25, -0.2) is 0 Å². The molecule has 1 aromatic rings. The van der Waals surface area contributed by atoms with Crippen LogP contribution in [0, 0.1) is 6.92 Å². The number of rotatable bonds is 4. The molecule has 134 valence electrons. The van der Waals surface area contributed by atoms with Crippen LogP contribution in [0.1, 0.15) is 31.4 Å². The molecule has 25 heavy (non-hydrogen) atoms. The fourth-order valence-electron chi connectivity index (χ4n) is 3.02. The van der Waals surface area contributed by atoms with Crippen molar-refractivity contribution in [2.45, 2.75) is 33.2 Å². The average Bonchev–Trinajstić information content (AvgIpc) is 2.90. The van der Waals surface area contributed by atoms with Crippen LogP contribution in [0.25, 0.3) is 6.08 Å². The number of nitrogens with zero attached hydrogens (tertiary/aromatic N) is 2. The molecule has 0 aromatic heterocycles. The van der Waals surface area contributed by atoms with E-state index in [0.29, 0.717) is 4.91 Å². The number of thioether (sulfide) groups is 1. The Kier molecular flexibility index (Phi) is 5.49. The van der Waals surface area contributed by atoms with Gasteiger partial charge in [-0.1, -0.05) is 13.0 Å². The summed E-state index contributed by atoms with van der Waals surface area (Å²) in [6, 6.07) is 6.17. The molecule has 3 rings (SSSR count). The number of amides is 2. The highest BCUT2D eigenvalue weighted by molar-refractivity contribution is 8.18. The third-order valence-electron chi connectivity index (χ3n) is 4.77. The lowest BCUT2D eigenvalue weighted by Gasteiger charge is -2.29. The fraction of sp³-hybridized carbons (Fsp3) is 0.474. The first-order chi connectivity index (χ1) is 12.0. The van der Waals surface area contributed by atoms with E-state index in [-0.39, 0.29) is 17.2 Å². The smallest absolute Gasteiger partial charge is 0.293 e. The Hall–Kier alpha value is -1.79. The van der Waals surface area contributed by atoms with E-state index in [1.165, 1.54) is 10.6 Å². The number of ether oxygens (including phenoxy) is 1. The highest BCUT2D eigenvalue weighted by Gasteiger charge is 2.37. The van der Waals surface area contributed by atoms with Crippen molar-refractivity contribution in [3.05, 3.63) is 34.2 Å². The van der Waals surface area contributed by atoms with E-state index in [0.717, 1.165) is 55.6 Å². The molecule has 2 aliphatic heterocycles. The summed E-state index contributed by atoms with van der Waals surface area (Å²) in [6.07, 6.45) is 2.60. The average molecular weight is 360 g/mol. The molecule has 0 N–H and O–H groups in total. The van der Waals surface area contributed by atoms with E-state index in [2.05, 4.69) is 17.0 Å². The number of carbonyl (C=O) groups is 2. The van der Waals surface area contributed by atoms with Gasteiger partial charge in [0, 0.05) is 24.8 Å². The molecule has 0 aliphatic carbocycles. The van der Waals surface area contributed by atoms with Crippen LogP contribution < -0.4 is 4.90 Å². The zero-order valence-electron chi connectivity index (χ0n) is 14.9. The highest BCUT2D eigenvalue weighted by atomic mass is 32.2. The number of aryl methyl sites for hydroxylation is 1. The maximum atomic E-state index is 12.5. The zero-order chi connectivity index (χ0) is 18.0. The van der Waals surface area contributed by atoms with Crippen molar-refractivity contribution < 1.29 is 14.3 Å². The predicted octanol–water partition coefficient (Wildman–Crippen LogP) is 3.67. The quantitative estimate of drug-likeness (QED) is 0.767. The minimum atomic E-state index is -0.180. The van der Waals surface area contributed by atoms with E-state index in [4.69, 9.17) is 4.74 Å². The largest absolute Gasteiger partial charge is 0.378 e. The van der Waals surface area contributed by atoms with E-state index < -0.39 is 0 Å². The van der Waals surface area contributed by atoms with Crippen LogP contribution in [0.2, 0.25) is 0 Å². The van der Waals surface area contributed by atoms with E-state index in [1.807, 2.05) is 32.9 Å². The van der Waals surface area contributed by atoms with Gasteiger partial charge in [0.1, 0.15) is 0 Å². The number of anilines is 1. The molecule has 0 saturated carbocycles. The first-order valence-corrected chi connectivity index (χ1v) is 9.53. The topological polar surface area (TPSA) is 49.9 Å². The number of hydrogen-bond donors (Lipinski definition) is 0. The van der Waals surface area contributed by atoms with Crippen molar-refractivity contribution in [2.24, 2.45) is 0 Å². The van der Waals surface area contributed by atoms with Gasteiger partial charge in [0.2, 0.25) is 0 Å². The summed E-state index contributed by atoms with van der Waals surface area (Å²) in [5.74, 6) is -0.180. The zero-order valence-corrected chi connectivity index (χ0v) is 15.8. The molecule has 6 heteroatoms. The third-order valence-corrected chi connectivity index (χ3v) is 5.66. The van der Waals surface area contributed by atoms with Gasteiger partial charge in [-0.15, -0.1) is 0 Å². The summed E-state index contributed by atoms with van der Waals surface area (Å²) < 4.78 is 5.40. The van der Waals surface area contributed by atoms with Crippen LogP contribution in [0.5, 0.6) is 0 Å². The third kappa shape index (κ3) is 3.75. The van der Waals surface area contributed by atoms with Gasteiger partial charge in [-0.2, -0.15) is 0 Å². The number of carbonyl (C=O) groups excluding carboxylic acids is 2. The maximum absolute atomic E-state index is 12.5. The molecule has 1 atom stereocenters. The molecular formula is C19H24N2O3S. The minimum absolute atomic E-state index is 0.0665. The Labute approximate surface area is 153 Å². The summed E-state index contributed by atoms with van der Waals surface area (Å²) >= 11 is 1.03. The standard InChI is InChI=1S/C19H24N2O3S/c1-4-14(3)21-18(22)17(25-19(21)23)12-15-5-6-16(11-13(15)2)20-7-9-24-10-8-20/h5-6,11-12,14H,4,7-10H2,1-3H3/b17-12+/t14-/m0/s1. The second kappa shape index (κ2) is 7.62. The van der Waals surface area contributed by atoms with Gasteiger partial charge < -0.3 is 9.64 Å². The molecule has 0 spiro atoms. The SMILES string of the molecule is CC[C@H](C)N1C(=O)S/C(=C/c2ccc(N3CCOCC3)cc2C)C1=O. The number of imide groups is 1. The summed E-state index contributed by atoms with van der Waals surface area (Å²) in [6.45, 7) is 9.22. The van der Waals surface area contributed by atoms with E-state index in [9.17, 15) is 9.59 Å². The number of morpholine rings is 1. The predicted molar refractivity (Wildman–Crippen MR) is 102 cm³/mol. The summed E-state index contributed by atoms with van der Waals surface area (Å²) in [4.78, 5) is 28.9. The molecule has 2 aliphatic rings. The Morgan fingerprint density at radius 1 is 1.28 bits per heavy atom. The molecule has 2 amide bonds. The van der Waals surface area contributed by atoms with Gasteiger partial charge >= 0.3 is 0 Å². The van der Waals surface area contributed by atoms with Crippen molar-refractivity contribution in [1.29, 1.82) is 0 Å². The van der Waals surface area contributed by atoms with Gasteiger partial charge in [0.25, 0.3) is 11.1 Å². The van der Waals surface area contributed by atoms with Gasteiger partial charge in [-0.3, -0.25) is 14.5 Å². The first kappa shape index (κ1) is 18.0. The van der Waals surface area contributed by atoms with Crippen LogP contribution in [0.4, 0.5) is 10.5 Å². The first-order valence-electron chi connectivity index (χ1n) is 8.71. The molecule has 0 radical (unpaired) electrons. The van der Waals surface area contributed by atoms with Crippen molar-refractivity contribution in [1.82, 2.24) is 4.90 Å².